The summed E-state index contributed by atoms with van der Waals surface area (Å²) < 4.78 is 22.9. The maximum Gasteiger partial charge on any atom is 0.361 e. The van der Waals surface area contributed by atoms with Gasteiger partial charge in [-0.3, -0.25) is 9.59 Å². The topological polar surface area (TPSA) is 108 Å². The van der Waals surface area contributed by atoms with Gasteiger partial charge >= 0.3 is 17.9 Å². The highest BCUT2D eigenvalue weighted by Gasteiger charge is 2.25. The van der Waals surface area contributed by atoms with Gasteiger partial charge in [-0.1, -0.05) is 272 Å². The molecule has 0 aliphatic heterocycles. The average Bonchev–Trinajstić information content (AvgIpc) is 3.44. The van der Waals surface area contributed by atoms with Crippen LogP contribution in [0.3, 0.4) is 0 Å². The summed E-state index contributed by atoms with van der Waals surface area (Å²) in [5.74, 6) is -2.05. The van der Waals surface area contributed by atoms with Gasteiger partial charge in [0.1, 0.15) is 13.2 Å². The first kappa shape index (κ1) is 77.2. The Hall–Kier alpha value is -3.79. The van der Waals surface area contributed by atoms with Crippen LogP contribution in [0.4, 0.5) is 0 Å². The Morgan fingerprint density at radius 1 is 0.383 bits per heavy atom. The molecule has 0 aromatic carbocycles. The number of rotatable bonds is 61. The quantitative estimate of drug-likeness (QED) is 0.0211. The van der Waals surface area contributed by atoms with E-state index in [1.165, 1.54) is 167 Å². The van der Waals surface area contributed by atoms with E-state index < -0.39 is 24.3 Å². The third-order valence-corrected chi connectivity index (χ3v) is 14.3. The summed E-state index contributed by atoms with van der Waals surface area (Å²) in [5.41, 5.74) is 0. The zero-order valence-corrected chi connectivity index (χ0v) is 53.2. The highest BCUT2D eigenvalue weighted by atomic mass is 16.7. The van der Waals surface area contributed by atoms with Crippen molar-refractivity contribution in [3.8, 4) is 0 Å². The van der Waals surface area contributed by atoms with Gasteiger partial charge in [-0.15, -0.1) is 0 Å². The van der Waals surface area contributed by atoms with E-state index >= 15 is 0 Å². The maximum absolute atomic E-state index is 12.9. The number of esters is 2. The van der Waals surface area contributed by atoms with Crippen molar-refractivity contribution in [2.24, 2.45) is 0 Å². The van der Waals surface area contributed by atoms with Crippen molar-refractivity contribution in [1.29, 1.82) is 0 Å². The Morgan fingerprint density at radius 2 is 0.704 bits per heavy atom. The predicted molar refractivity (Wildman–Crippen MR) is 345 cm³/mol. The standard InChI is InChI=1S/C72H125NO8/c1-6-8-10-12-14-16-18-20-22-24-26-28-30-32-33-34-35-36-37-39-40-42-44-46-48-50-52-54-56-58-60-62-69(74)79-66-68(67-80-72(71(76)77)78-65-64-73(3,4)5)81-70(75)63-61-59-57-55-53-51-49-47-45-43-41-38-31-29-27-25-23-21-19-17-15-13-11-9-7-2/h9,11,15,17,21,23-24,26-27,29,38,41,45,47,51,53,68,72H,6-8,10,12-14,16,18-20,22,25,28,30-37,39-40,42-44,46,48-50,52,54-67H2,1-5H3/p+1/b11-9-,17-15-,23-21-,26-24-,29-27-,41-38-,47-45-,53-51-. The van der Waals surface area contributed by atoms with Crippen LogP contribution in [0.1, 0.15) is 284 Å². The molecule has 0 rings (SSSR count). The highest BCUT2D eigenvalue weighted by Crippen LogP contribution is 2.17. The van der Waals surface area contributed by atoms with Crippen molar-refractivity contribution in [3.63, 3.8) is 0 Å². The predicted octanol–water partition coefficient (Wildman–Crippen LogP) is 20.5. The molecular weight excluding hydrogens is 1010 g/mol. The first-order valence-electron chi connectivity index (χ1n) is 33.4. The van der Waals surface area contributed by atoms with E-state index in [0.29, 0.717) is 23.9 Å². The number of hydrogen-bond acceptors (Lipinski definition) is 7. The third kappa shape index (κ3) is 63.6. The van der Waals surface area contributed by atoms with Gasteiger partial charge in [0.05, 0.1) is 34.4 Å². The van der Waals surface area contributed by atoms with Gasteiger partial charge in [-0.25, -0.2) is 4.79 Å². The van der Waals surface area contributed by atoms with Crippen LogP contribution < -0.4 is 0 Å². The molecule has 0 bridgehead atoms. The van der Waals surface area contributed by atoms with Crippen LogP contribution in [0.15, 0.2) is 97.2 Å². The summed E-state index contributed by atoms with van der Waals surface area (Å²) in [6.45, 7) is 4.74. The zero-order chi connectivity index (χ0) is 59.1. The highest BCUT2D eigenvalue weighted by molar-refractivity contribution is 5.71. The van der Waals surface area contributed by atoms with E-state index in [1.807, 2.05) is 21.1 Å². The largest absolute Gasteiger partial charge is 0.477 e. The molecule has 0 spiro atoms. The Balaban J connectivity index is 4.19. The van der Waals surface area contributed by atoms with E-state index in [9.17, 15) is 19.5 Å². The number of allylic oxidation sites excluding steroid dienone is 16. The fourth-order valence-corrected chi connectivity index (χ4v) is 9.23. The second kappa shape index (κ2) is 62.3. The number of likely N-dealkylation sites (N-methyl/N-ethyl adjacent to an activating group) is 1. The minimum Gasteiger partial charge on any atom is -0.477 e. The summed E-state index contributed by atoms with van der Waals surface area (Å²) in [4.78, 5) is 37.5. The molecule has 0 aliphatic rings. The molecule has 9 nitrogen and oxygen atoms in total. The minimum atomic E-state index is -1.53. The average molecular weight is 1130 g/mol. The van der Waals surface area contributed by atoms with Crippen LogP contribution in [0, 0.1) is 0 Å². The molecule has 0 amide bonds. The lowest BCUT2D eigenvalue weighted by molar-refractivity contribution is -0.870. The van der Waals surface area contributed by atoms with Gasteiger partial charge in [0.25, 0.3) is 6.29 Å². The summed E-state index contributed by atoms with van der Waals surface area (Å²) in [6.07, 6.45) is 82.3. The van der Waals surface area contributed by atoms with Gasteiger partial charge in [0, 0.05) is 12.8 Å². The van der Waals surface area contributed by atoms with Crippen molar-refractivity contribution in [3.05, 3.63) is 97.2 Å². The van der Waals surface area contributed by atoms with Crippen molar-refractivity contribution < 1.29 is 42.9 Å². The molecule has 0 aromatic rings. The molecular formula is C72H126NO8+. The molecule has 0 radical (unpaired) electrons. The van der Waals surface area contributed by atoms with Crippen LogP contribution in [-0.2, 0) is 33.3 Å². The normalized spacial score (nSPS) is 13.3. The smallest absolute Gasteiger partial charge is 0.361 e. The molecule has 1 N–H and O–H groups in total. The Kier molecular flexibility index (Phi) is 59.3. The third-order valence-electron chi connectivity index (χ3n) is 14.3. The molecule has 0 fully saturated rings. The number of aliphatic carboxylic acids is 1. The van der Waals surface area contributed by atoms with E-state index in [2.05, 4.69) is 111 Å². The van der Waals surface area contributed by atoms with Crippen LogP contribution in [-0.4, -0.2) is 87.4 Å². The molecule has 2 unspecified atom stereocenters. The van der Waals surface area contributed by atoms with Gasteiger partial charge in [0.2, 0.25) is 0 Å². The van der Waals surface area contributed by atoms with Crippen molar-refractivity contribution in [2.75, 3.05) is 47.5 Å². The van der Waals surface area contributed by atoms with E-state index in [1.54, 1.807) is 0 Å². The molecule has 0 saturated heterocycles. The van der Waals surface area contributed by atoms with Crippen molar-refractivity contribution in [2.45, 2.75) is 296 Å². The second-order valence-corrected chi connectivity index (χ2v) is 23.4. The summed E-state index contributed by atoms with van der Waals surface area (Å²) in [6, 6.07) is 0. The van der Waals surface area contributed by atoms with Gasteiger partial charge in [0.15, 0.2) is 6.10 Å². The maximum atomic E-state index is 12.9. The molecule has 0 aliphatic carbocycles. The van der Waals surface area contributed by atoms with Crippen LogP contribution in [0.5, 0.6) is 0 Å². The zero-order valence-electron chi connectivity index (χ0n) is 53.2. The van der Waals surface area contributed by atoms with Gasteiger partial charge < -0.3 is 28.5 Å². The second-order valence-electron chi connectivity index (χ2n) is 23.4. The molecule has 0 saturated carbocycles. The molecule has 466 valence electrons. The molecule has 0 heterocycles. The van der Waals surface area contributed by atoms with Crippen molar-refractivity contribution >= 4 is 17.9 Å². The molecule has 2 atom stereocenters. The molecule has 9 heteroatoms. The fraction of sp³-hybridized carbons (Fsp3) is 0.736. The van der Waals surface area contributed by atoms with Crippen LogP contribution in [0.2, 0.25) is 0 Å². The Morgan fingerprint density at radius 3 is 1.07 bits per heavy atom. The number of carboxylic acids is 1. The van der Waals surface area contributed by atoms with E-state index in [0.717, 1.165) is 83.5 Å². The number of carbonyl (C=O) groups excluding carboxylic acids is 2. The number of unbranched alkanes of at least 4 members (excludes halogenated alkanes) is 30. The molecule has 81 heavy (non-hydrogen) atoms. The summed E-state index contributed by atoms with van der Waals surface area (Å²) in [5, 5.41) is 9.73. The number of nitrogens with zero attached hydrogens (tertiary/aromatic N) is 1. The first-order chi connectivity index (χ1) is 39.6. The minimum absolute atomic E-state index is 0.177. The number of carboxylic acid groups (broad SMARTS) is 1. The van der Waals surface area contributed by atoms with E-state index in [4.69, 9.17) is 18.9 Å². The van der Waals surface area contributed by atoms with Crippen LogP contribution in [0.25, 0.3) is 0 Å². The van der Waals surface area contributed by atoms with Crippen molar-refractivity contribution in [1.82, 2.24) is 0 Å². The monoisotopic (exact) mass is 1130 g/mol. The lowest BCUT2D eigenvalue weighted by Crippen LogP contribution is -2.40. The van der Waals surface area contributed by atoms with E-state index in [-0.39, 0.29) is 32.2 Å². The van der Waals surface area contributed by atoms with Crippen LogP contribution >= 0.6 is 0 Å². The lowest BCUT2D eigenvalue weighted by atomic mass is 10.0. The molecule has 0 aromatic heterocycles. The number of hydrogen-bond donors (Lipinski definition) is 1. The fourth-order valence-electron chi connectivity index (χ4n) is 9.23. The summed E-state index contributed by atoms with van der Waals surface area (Å²) >= 11 is 0. The first-order valence-corrected chi connectivity index (χ1v) is 33.4. The number of quaternary nitrogens is 1. The van der Waals surface area contributed by atoms with Gasteiger partial charge in [-0.2, -0.15) is 0 Å². The SMILES string of the molecule is CC/C=C\C/C=C\C/C=C\C/C=C\C/C=C\C/C=C\C/C=C\CCCCCC(=O)OC(COC(=O)CCCCCCCCCCCCCCCCCCCCC/C=C\CCCCCCCCCC)COC(OCC[N+](C)(C)C)C(=O)O. The summed E-state index contributed by atoms with van der Waals surface area (Å²) in [7, 11) is 5.96. The van der Waals surface area contributed by atoms with Gasteiger partial charge in [-0.05, 0) is 96.3 Å². The number of ether oxygens (including phenoxy) is 4. The Labute approximate surface area is 499 Å². The Bertz CT molecular complexity index is 1650. The number of carbonyl (C=O) groups is 3. The lowest BCUT2D eigenvalue weighted by Gasteiger charge is -2.25.